The van der Waals surface area contributed by atoms with Crippen LogP contribution in [0, 0.1) is 5.92 Å². The second-order valence-corrected chi connectivity index (χ2v) is 10.8. The fourth-order valence-corrected chi connectivity index (χ4v) is 5.24. The van der Waals surface area contributed by atoms with Crippen LogP contribution in [0.3, 0.4) is 0 Å². The highest BCUT2D eigenvalue weighted by Gasteiger charge is 2.32. The van der Waals surface area contributed by atoms with Crippen molar-refractivity contribution in [3.8, 4) is 0 Å². The minimum absolute atomic E-state index is 0.666. The highest BCUT2D eigenvalue weighted by Crippen LogP contribution is 2.34. The average molecular weight is 456 g/mol. The summed E-state index contributed by atoms with van der Waals surface area (Å²) in [6.45, 7) is 2.25. The second kappa shape index (κ2) is 9.27. The minimum Gasteiger partial charge on any atom is -0.398 e. The van der Waals surface area contributed by atoms with Crippen molar-refractivity contribution in [1.29, 1.82) is 0 Å². The number of nitrogens with zero attached hydrogens (tertiary/aromatic N) is 3. The first kappa shape index (κ1) is 22.7. The summed E-state index contributed by atoms with van der Waals surface area (Å²) in [5, 5.41) is 0. The lowest BCUT2D eigenvalue weighted by Gasteiger charge is -2.24. The summed E-state index contributed by atoms with van der Waals surface area (Å²) in [5.74, 6) is 1.69. The molecule has 3 heterocycles. The van der Waals surface area contributed by atoms with Gasteiger partial charge >= 0.3 is 5.89 Å². The number of para-hydroxylation sites is 3. The molecule has 0 saturated carbocycles. The van der Waals surface area contributed by atoms with Crippen molar-refractivity contribution in [2.24, 2.45) is 5.92 Å². The first-order chi connectivity index (χ1) is 16.4. The van der Waals surface area contributed by atoms with E-state index < -0.39 is 0 Å². The Bertz CT molecular complexity index is 1270. The van der Waals surface area contributed by atoms with Gasteiger partial charge in [-0.15, -0.1) is 0 Å². The summed E-state index contributed by atoms with van der Waals surface area (Å²) < 4.78 is 9.92. The molecule has 3 aromatic rings. The van der Waals surface area contributed by atoms with Crippen molar-refractivity contribution in [2.75, 3.05) is 39.6 Å². The van der Waals surface area contributed by atoms with E-state index in [2.05, 4.69) is 111 Å². The molecule has 4 heteroatoms. The minimum atomic E-state index is 0.666. The van der Waals surface area contributed by atoms with E-state index in [-0.39, 0.29) is 0 Å². The lowest BCUT2D eigenvalue weighted by Crippen LogP contribution is -2.39. The summed E-state index contributed by atoms with van der Waals surface area (Å²) >= 11 is 0. The van der Waals surface area contributed by atoms with Gasteiger partial charge in [0.15, 0.2) is 6.54 Å². The van der Waals surface area contributed by atoms with Gasteiger partial charge in [0.1, 0.15) is 0 Å². The highest BCUT2D eigenvalue weighted by molar-refractivity contribution is 5.87. The second-order valence-electron chi connectivity index (χ2n) is 10.8. The van der Waals surface area contributed by atoms with Crippen LogP contribution in [0.2, 0.25) is 0 Å². The fraction of sp³-hybridized carbons (Fsp3) is 0.367. The number of hydrogen-bond donors (Lipinski definition) is 0. The lowest BCUT2D eigenvalue weighted by molar-refractivity contribution is -0.870. The summed E-state index contributed by atoms with van der Waals surface area (Å²) in [6, 6.07) is 17.1. The molecular weight excluding hydrogens is 418 g/mol. The largest absolute Gasteiger partial charge is 0.398 e. The highest BCUT2D eigenvalue weighted by atomic mass is 16.4. The van der Waals surface area contributed by atoms with Crippen LogP contribution < -0.4 is 9.47 Å². The number of allylic oxidation sites excluding steroid dienone is 5. The Balaban J connectivity index is 1.49. The molecule has 1 aromatic heterocycles. The molecular formula is C30H37N3O+2. The zero-order valence-electron chi connectivity index (χ0n) is 21.0. The van der Waals surface area contributed by atoms with Gasteiger partial charge in [0.05, 0.1) is 33.3 Å². The molecule has 0 N–H and O–H groups in total. The van der Waals surface area contributed by atoms with Crippen molar-refractivity contribution in [1.82, 2.24) is 0 Å². The van der Waals surface area contributed by atoms with E-state index in [4.69, 9.17) is 4.42 Å². The van der Waals surface area contributed by atoms with Crippen LogP contribution >= 0.6 is 0 Å². The first-order valence-electron chi connectivity index (χ1n) is 12.5. The van der Waals surface area contributed by atoms with Crippen LogP contribution in [0.5, 0.6) is 0 Å². The van der Waals surface area contributed by atoms with E-state index in [0.717, 1.165) is 28.9 Å². The number of oxazole rings is 1. The SMILES string of the molecule is CN1C=C/C(=C/C=C2/CCC(CCC[N+](C)(C)C)C[n+]3c2oc2ccccc23)c2ccccc21. The molecule has 0 saturated heterocycles. The number of rotatable bonds is 5. The summed E-state index contributed by atoms with van der Waals surface area (Å²) in [7, 11) is 8.96. The van der Waals surface area contributed by atoms with Gasteiger partial charge in [0.25, 0.3) is 5.52 Å². The zero-order valence-corrected chi connectivity index (χ0v) is 21.0. The van der Waals surface area contributed by atoms with Crippen LogP contribution in [-0.2, 0) is 6.54 Å². The van der Waals surface area contributed by atoms with Gasteiger partial charge in [-0.2, -0.15) is 4.57 Å². The predicted octanol–water partition coefficient (Wildman–Crippen LogP) is 6.05. The van der Waals surface area contributed by atoms with E-state index in [0.29, 0.717) is 5.92 Å². The summed E-state index contributed by atoms with van der Waals surface area (Å²) in [5.41, 5.74) is 7.24. The Morgan fingerprint density at radius 1 is 1.06 bits per heavy atom. The Labute approximate surface area is 203 Å². The quantitative estimate of drug-likeness (QED) is 0.345. The van der Waals surface area contributed by atoms with Gasteiger partial charge in [-0.25, -0.2) is 0 Å². The average Bonchev–Trinajstić information content (AvgIpc) is 3.08. The Morgan fingerprint density at radius 3 is 2.71 bits per heavy atom. The number of fused-ring (bicyclic) bond motifs is 4. The number of aromatic nitrogens is 1. The van der Waals surface area contributed by atoms with E-state index in [1.165, 1.54) is 53.7 Å². The number of benzene rings is 2. The maximum absolute atomic E-state index is 6.45. The Morgan fingerprint density at radius 2 is 1.85 bits per heavy atom. The fourth-order valence-electron chi connectivity index (χ4n) is 5.24. The van der Waals surface area contributed by atoms with Gasteiger partial charge in [-0.1, -0.05) is 36.4 Å². The van der Waals surface area contributed by atoms with Crippen molar-refractivity contribution in [3.63, 3.8) is 0 Å². The molecule has 0 radical (unpaired) electrons. The van der Waals surface area contributed by atoms with Crippen LogP contribution in [-0.4, -0.2) is 39.2 Å². The third-order valence-electron chi connectivity index (χ3n) is 7.12. The van der Waals surface area contributed by atoms with Gasteiger partial charge in [0.2, 0.25) is 5.58 Å². The number of anilines is 1. The molecule has 5 rings (SSSR count). The molecule has 0 spiro atoms. The maximum Gasteiger partial charge on any atom is 0.377 e. The molecule has 4 nitrogen and oxygen atoms in total. The molecule has 0 bridgehead atoms. The predicted molar refractivity (Wildman–Crippen MR) is 141 cm³/mol. The Hall–Kier alpha value is -3.11. The van der Waals surface area contributed by atoms with Gasteiger partial charge < -0.3 is 13.8 Å². The molecule has 0 amide bonds. The van der Waals surface area contributed by atoms with Crippen LogP contribution in [0.25, 0.3) is 22.2 Å². The monoisotopic (exact) mass is 455 g/mol. The normalized spacial score (nSPS) is 20.6. The van der Waals surface area contributed by atoms with E-state index in [9.17, 15) is 0 Å². The van der Waals surface area contributed by atoms with Crippen molar-refractivity contribution in [3.05, 3.63) is 84.4 Å². The molecule has 0 fully saturated rings. The molecule has 0 aliphatic carbocycles. The lowest BCUT2D eigenvalue weighted by atomic mass is 9.95. The van der Waals surface area contributed by atoms with E-state index >= 15 is 0 Å². The third-order valence-corrected chi connectivity index (χ3v) is 7.12. The maximum atomic E-state index is 6.45. The smallest absolute Gasteiger partial charge is 0.377 e. The molecule has 1 unspecified atom stereocenters. The number of hydrogen-bond acceptors (Lipinski definition) is 2. The van der Waals surface area contributed by atoms with Gasteiger partial charge in [0, 0.05) is 36.5 Å². The van der Waals surface area contributed by atoms with E-state index in [1.807, 2.05) is 0 Å². The first-order valence-corrected chi connectivity index (χ1v) is 12.5. The van der Waals surface area contributed by atoms with E-state index in [1.54, 1.807) is 0 Å². The zero-order chi connectivity index (χ0) is 23.7. The van der Waals surface area contributed by atoms with Gasteiger partial charge in [-0.3, -0.25) is 0 Å². The van der Waals surface area contributed by atoms with Crippen LogP contribution in [0.15, 0.2) is 77.4 Å². The summed E-state index contributed by atoms with van der Waals surface area (Å²) in [4.78, 5) is 2.18. The molecule has 2 aromatic carbocycles. The molecule has 2 aliphatic heterocycles. The molecule has 176 valence electrons. The third kappa shape index (κ3) is 4.74. The Kier molecular flexibility index (Phi) is 6.18. The number of quaternary nitrogens is 1. The van der Waals surface area contributed by atoms with Crippen molar-refractivity contribution >= 4 is 27.9 Å². The summed E-state index contributed by atoms with van der Waals surface area (Å²) in [6.07, 6.45) is 13.7. The van der Waals surface area contributed by atoms with Crippen LogP contribution in [0.1, 0.15) is 37.1 Å². The topological polar surface area (TPSA) is 20.3 Å². The van der Waals surface area contributed by atoms with Crippen molar-refractivity contribution < 1.29 is 13.5 Å². The molecule has 1 atom stereocenters. The molecule has 2 aliphatic rings. The van der Waals surface area contributed by atoms with Crippen LogP contribution in [0.4, 0.5) is 5.69 Å². The standard InChI is InChI=1S/C30H37N3O/c1-31-20-19-24(26-11-5-6-12-27(26)31)17-18-25-16-15-23(10-9-21-33(2,3)4)22-32-28-13-7-8-14-29(28)34-30(25)32/h5-8,11-14,17-20,23H,9-10,15-16,21-22H2,1-4H3/q+2. The molecule has 34 heavy (non-hydrogen) atoms. The van der Waals surface area contributed by atoms with Crippen molar-refractivity contribution in [2.45, 2.75) is 32.2 Å². The van der Waals surface area contributed by atoms with Gasteiger partial charge in [-0.05, 0) is 55.5 Å².